The van der Waals surface area contributed by atoms with Gasteiger partial charge in [0.2, 0.25) is 0 Å². The van der Waals surface area contributed by atoms with Gasteiger partial charge in [-0.1, -0.05) is 6.92 Å². The lowest BCUT2D eigenvalue weighted by Crippen LogP contribution is -2.55. The molecule has 12 heavy (non-hydrogen) atoms. The Hall–Kier alpha value is -0.160. The van der Waals surface area contributed by atoms with E-state index in [2.05, 4.69) is 0 Å². The Morgan fingerprint density at radius 2 is 1.67 bits per heavy atom. The van der Waals surface area contributed by atoms with E-state index in [1.165, 1.54) is 0 Å². The van der Waals surface area contributed by atoms with Gasteiger partial charge in [0.05, 0.1) is 12.2 Å². The molecule has 0 saturated carbocycles. The highest BCUT2D eigenvalue weighted by Crippen LogP contribution is 2.11. The highest BCUT2D eigenvalue weighted by atomic mass is 16.4. The summed E-state index contributed by atoms with van der Waals surface area (Å²) in [6, 6.07) is 0. The molecule has 1 saturated heterocycles. The third-order valence-corrected chi connectivity index (χ3v) is 2.22. The topological polar surface area (TPSA) is 63.9 Å². The highest BCUT2D eigenvalue weighted by molar-refractivity contribution is 4.85. The van der Waals surface area contributed by atoms with Gasteiger partial charge in [0.15, 0.2) is 0 Å². The first kappa shape index (κ1) is 9.92. The first-order valence-electron chi connectivity index (χ1n) is 4.41. The molecule has 0 aromatic rings. The molecule has 1 rings (SSSR count). The molecular weight excluding hydrogens is 158 g/mol. The predicted molar refractivity (Wildman–Crippen MR) is 44.8 cm³/mol. The van der Waals surface area contributed by atoms with E-state index in [0.717, 1.165) is 13.0 Å². The Bertz CT molecular complexity index is 130. The van der Waals surface area contributed by atoms with Crippen LogP contribution < -0.4 is 0 Å². The number of hydrogen-bond donors (Lipinski definition) is 3. The van der Waals surface area contributed by atoms with Crippen LogP contribution in [0.5, 0.6) is 0 Å². The van der Waals surface area contributed by atoms with Gasteiger partial charge < -0.3 is 15.3 Å². The largest absolute Gasteiger partial charge is 0.389 e. The van der Waals surface area contributed by atoms with E-state index >= 15 is 0 Å². The number of β-amino-alcohol motifs (C(OH)–C–C–N with tert-alkyl or cyclic N) is 2. The zero-order chi connectivity index (χ0) is 9.14. The first-order valence-corrected chi connectivity index (χ1v) is 4.41. The van der Waals surface area contributed by atoms with Crippen LogP contribution in [0.15, 0.2) is 0 Å². The number of piperidine rings is 1. The molecule has 0 unspecified atom stereocenters. The molecule has 4 heteroatoms. The lowest BCUT2D eigenvalue weighted by atomic mass is 10.0. The van der Waals surface area contributed by atoms with E-state index < -0.39 is 18.3 Å². The lowest BCUT2D eigenvalue weighted by Gasteiger charge is -2.36. The third-order valence-electron chi connectivity index (χ3n) is 2.22. The maximum atomic E-state index is 9.29. The summed E-state index contributed by atoms with van der Waals surface area (Å²) >= 11 is 0. The second-order valence-electron chi connectivity index (χ2n) is 3.38. The third kappa shape index (κ3) is 2.17. The van der Waals surface area contributed by atoms with Gasteiger partial charge >= 0.3 is 0 Å². The van der Waals surface area contributed by atoms with Crippen LogP contribution in [0.3, 0.4) is 0 Å². The summed E-state index contributed by atoms with van der Waals surface area (Å²) < 4.78 is 0. The maximum Gasteiger partial charge on any atom is 0.108 e. The van der Waals surface area contributed by atoms with Crippen molar-refractivity contribution in [1.29, 1.82) is 0 Å². The fraction of sp³-hybridized carbons (Fsp3) is 1.00. The molecular formula is C8H17NO3. The second kappa shape index (κ2) is 4.18. The van der Waals surface area contributed by atoms with Crippen molar-refractivity contribution in [3.63, 3.8) is 0 Å². The van der Waals surface area contributed by atoms with Crippen molar-refractivity contribution in [2.24, 2.45) is 0 Å². The Morgan fingerprint density at radius 1 is 1.17 bits per heavy atom. The molecule has 0 bridgehead atoms. The van der Waals surface area contributed by atoms with Crippen molar-refractivity contribution in [2.75, 3.05) is 19.6 Å². The van der Waals surface area contributed by atoms with Gasteiger partial charge in [-0.15, -0.1) is 0 Å². The Balaban J connectivity index is 2.42. The van der Waals surface area contributed by atoms with Crippen LogP contribution in [0.2, 0.25) is 0 Å². The highest BCUT2D eigenvalue weighted by Gasteiger charge is 2.32. The fourth-order valence-corrected chi connectivity index (χ4v) is 1.57. The quantitative estimate of drug-likeness (QED) is 0.493. The molecule has 3 atom stereocenters. The standard InChI is InChI=1S/C8H17NO3/c1-2-3-9-4-6(10)8(12)7(11)5-9/h6-8,10-12H,2-5H2,1H3/t6-,7+,8+. The van der Waals surface area contributed by atoms with E-state index in [1.54, 1.807) is 0 Å². The number of aliphatic hydroxyl groups excluding tert-OH is 3. The van der Waals surface area contributed by atoms with Crippen LogP contribution >= 0.6 is 0 Å². The normalized spacial score (nSPS) is 38.5. The molecule has 0 radical (unpaired) electrons. The van der Waals surface area contributed by atoms with Crippen LogP contribution in [0.1, 0.15) is 13.3 Å². The number of aliphatic hydroxyl groups is 3. The molecule has 0 spiro atoms. The van der Waals surface area contributed by atoms with Gasteiger partial charge in [-0.2, -0.15) is 0 Å². The van der Waals surface area contributed by atoms with Crippen LogP contribution in [0.4, 0.5) is 0 Å². The zero-order valence-corrected chi connectivity index (χ0v) is 7.35. The zero-order valence-electron chi connectivity index (χ0n) is 7.35. The summed E-state index contributed by atoms with van der Waals surface area (Å²) in [6.07, 6.45) is -1.59. The Kier molecular flexibility index (Phi) is 3.46. The fourth-order valence-electron chi connectivity index (χ4n) is 1.57. The first-order chi connectivity index (χ1) is 5.65. The molecule has 72 valence electrons. The van der Waals surface area contributed by atoms with Gasteiger partial charge in [-0.05, 0) is 13.0 Å². The Morgan fingerprint density at radius 3 is 2.08 bits per heavy atom. The van der Waals surface area contributed by atoms with Gasteiger partial charge in [0, 0.05) is 13.1 Å². The molecule has 0 amide bonds. The summed E-state index contributed by atoms with van der Waals surface area (Å²) in [5, 5.41) is 27.8. The minimum atomic E-state index is -0.974. The van der Waals surface area contributed by atoms with Gasteiger partial charge in [0.25, 0.3) is 0 Å². The van der Waals surface area contributed by atoms with Crippen molar-refractivity contribution < 1.29 is 15.3 Å². The van der Waals surface area contributed by atoms with Crippen molar-refractivity contribution in [3.05, 3.63) is 0 Å². The van der Waals surface area contributed by atoms with E-state index in [1.807, 2.05) is 11.8 Å². The summed E-state index contributed by atoms with van der Waals surface area (Å²) in [7, 11) is 0. The van der Waals surface area contributed by atoms with E-state index in [0.29, 0.717) is 13.1 Å². The van der Waals surface area contributed by atoms with Crippen molar-refractivity contribution in [1.82, 2.24) is 4.90 Å². The van der Waals surface area contributed by atoms with E-state index in [-0.39, 0.29) is 0 Å². The number of likely N-dealkylation sites (tertiary alicyclic amines) is 1. The average molecular weight is 175 g/mol. The Labute approximate surface area is 72.4 Å². The molecule has 1 aliphatic heterocycles. The van der Waals surface area contributed by atoms with Crippen LogP contribution in [0, 0.1) is 0 Å². The van der Waals surface area contributed by atoms with Crippen molar-refractivity contribution in [3.8, 4) is 0 Å². The molecule has 4 nitrogen and oxygen atoms in total. The minimum absolute atomic E-state index is 0.464. The predicted octanol–water partition coefficient (Wildman–Crippen LogP) is -1.21. The van der Waals surface area contributed by atoms with Crippen LogP contribution in [0.25, 0.3) is 0 Å². The summed E-state index contributed by atoms with van der Waals surface area (Å²) in [4.78, 5) is 1.96. The number of hydrogen-bond acceptors (Lipinski definition) is 4. The second-order valence-corrected chi connectivity index (χ2v) is 3.38. The van der Waals surface area contributed by atoms with Crippen LogP contribution in [-0.2, 0) is 0 Å². The molecule has 0 aliphatic carbocycles. The molecule has 1 fully saturated rings. The summed E-state index contributed by atoms with van der Waals surface area (Å²) in [5.41, 5.74) is 0. The molecule has 3 N–H and O–H groups in total. The van der Waals surface area contributed by atoms with E-state index in [4.69, 9.17) is 0 Å². The van der Waals surface area contributed by atoms with Crippen molar-refractivity contribution >= 4 is 0 Å². The average Bonchev–Trinajstić information content (AvgIpc) is 2.01. The summed E-state index contributed by atoms with van der Waals surface area (Å²) in [5.74, 6) is 0. The number of rotatable bonds is 2. The van der Waals surface area contributed by atoms with E-state index in [9.17, 15) is 15.3 Å². The molecule has 0 aromatic heterocycles. The smallest absolute Gasteiger partial charge is 0.108 e. The van der Waals surface area contributed by atoms with Crippen LogP contribution in [-0.4, -0.2) is 58.2 Å². The molecule has 1 heterocycles. The SMILES string of the molecule is CCCN1C[C@@H](O)[C@H](O)[C@@H](O)C1. The van der Waals surface area contributed by atoms with Crippen molar-refractivity contribution in [2.45, 2.75) is 31.7 Å². The lowest BCUT2D eigenvalue weighted by molar-refractivity contribution is -0.109. The number of nitrogens with zero attached hydrogens (tertiary/aromatic N) is 1. The minimum Gasteiger partial charge on any atom is -0.389 e. The summed E-state index contributed by atoms with van der Waals surface area (Å²) in [6.45, 7) is 3.84. The molecule has 0 aromatic carbocycles. The monoisotopic (exact) mass is 175 g/mol. The van der Waals surface area contributed by atoms with Gasteiger partial charge in [0.1, 0.15) is 6.10 Å². The molecule has 1 aliphatic rings. The van der Waals surface area contributed by atoms with Gasteiger partial charge in [-0.25, -0.2) is 0 Å². The van der Waals surface area contributed by atoms with Gasteiger partial charge in [-0.3, -0.25) is 4.90 Å². The maximum absolute atomic E-state index is 9.29.